The molecule has 31 heavy (non-hydrogen) atoms. The number of hydrogen-bond donors (Lipinski definition) is 2. The summed E-state index contributed by atoms with van der Waals surface area (Å²) in [6, 6.07) is 8.01. The highest BCUT2D eigenvalue weighted by atomic mass is 32.1. The number of aliphatic imine (C=N–C) groups is 1. The van der Waals surface area contributed by atoms with Crippen LogP contribution in [0.15, 0.2) is 34.6 Å². The van der Waals surface area contributed by atoms with Gasteiger partial charge in [-0.3, -0.25) is 4.79 Å². The van der Waals surface area contributed by atoms with Crippen molar-refractivity contribution >= 4 is 23.2 Å². The second-order valence-electron chi connectivity index (χ2n) is 8.55. The van der Waals surface area contributed by atoms with E-state index in [-0.39, 0.29) is 17.9 Å². The number of guanidine groups is 1. The molecule has 0 atom stereocenters. The van der Waals surface area contributed by atoms with Gasteiger partial charge in [-0.1, -0.05) is 32.9 Å². The van der Waals surface area contributed by atoms with Crippen LogP contribution in [0.3, 0.4) is 0 Å². The summed E-state index contributed by atoms with van der Waals surface area (Å²) in [5, 5.41) is 9.91. The molecule has 0 fully saturated rings. The summed E-state index contributed by atoms with van der Waals surface area (Å²) < 4.78 is 5.20. The van der Waals surface area contributed by atoms with Crippen LogP contribution < -0.4 is 15.4 Å². The Labute approximate surface area is 189 Å². The second kappa shape index (κ2) is 11.7. The summed E-state index contributed by atoms with van der Waals surface area (Å²) in [6.45, 7) is 8.03. The molecule has 0 aliphatic carbocycles. The Morgan fingerprint density at radius 3 is 2.32 bits per heavy atom. The van der Waals surface area contributed by atoms with Gasteiger partial charge in [0.05, 0.1) is 17.8 Å². The van der Waals surface area contributed by atoms with Gasteiger partial charge in [-0.15, -0.1) is 11.3 Å². The molecule has 0 aliphatic rings. The number of nitrogens with one attached hydrogen (secondary N) is 2. The van der Waals surface area contributed by atoms with Gasteiger partial charge in [0.25, 0.3) is 0 Å². The van der Waals surface area contributed by atoms with E-state index in [4.69, 9.17) is 9.72 Å². The highest BCUT2D eigenvalue weighted by molar-refractivity contribution is 7.09. The van der Waals surface area contributed by atoms with E-state index >= 15 is 0 Å². The SMILES string of the molecule is COc1ccc(CCNC(=NCC(=O)N(C)C)NCCc2csc(C(C)(C)C)n2)cc1. The minimum atomic E-state index is -0.0365. The molecule has 7 nitrogen and oxygen atoms in total. The van der Waals surface area contributed by atoms with E-state index in [1.807, 2.05) is 12.1 Å². The maximum absolute atomic E-state index is 11.9. The number of aromatic nitrogens is 1. The number of thiazole rings is 1. The van der Waals surface area contributed by atoms with Gasteiger partial charge in [0.15, 0.2) is 5.96 Å². The summed E-state index contributed by atoms with van der Waals surface area (Å²) in [7, 11) is 5.13. The van der Waals surface area contributed by atoms with Crippen LogP contribution in [0, 0.1) is 0 Å². The lowest BCUT2D eigenvalue weighted by Gasteiger charge is -2.14. The summed E-state index contributed by atoms with van der Waals surface area (Å²) >= 11 is 1.70. The lowest BCUT2D eigenvalue weighted by molar-refractivity contribution is -0.127. The quantitative estimate of drug-likeness (QED) is 0.458. The molecule has 0 aliphatic heterocycles. The molecule has 2 N–H and O–H groups in total. The van der Waals surface area contributed by atoms with Gasteiger partial charge < -0.3 is 20.3 Å². The molecule has 0 saturated heterocycles. The number of benzene rings is 1. The Morgan fingerprint density at radius 2 is 1.77 bits per heavy atom. The fraction of sp³-hybridized carbons (Fsp3) is 0.522. The molecule has 0 saturated carbocycles. The molecule has 1 aromatic carbocycles. The van der Waals surface area contributed by atoms with Gasteiger partial charge in [0, 0.05) is 44.4 Å². The smallest absolute Gasteiger partial charge is 0.243 e. The molecule has 1 aromatic heterocycles. The Hall–Kier alpha value is -2.61. The summed E-state index contributed by atoms with van der Waals surface area (Å²) in [6.07, 6.45) is 1.64. The Morgan fingerprint density at radius 1 is 1.13 bits per heavy atom. The van der Waals surface area contributed by atoms with Crippen molar-refractivity contribution in [2.45, 2.75) is 39.0 Å². The highest BCUT2D eigenvalue weighted by Crippen LogP contribution is 2.25. The van der Waals surface area contributed by atoms with Crippen LogP contribution in [-0.4, -0.2) is 62.6 Å². The largest absolute Gasteiger partial charge is 0.497 e. The van der Waals surface area contributed by atoms with E-state index in [1.165, 1.54) is 5.56 Å². The average Bonchev–Trinajstić information content (AvgIpc) is 3.21. The fourth-order valence-electron chi connectivity index (χ4n) is 2.66. The number of rotatable bonds is 9. The minimum Gasteiger partial charge on any atom is -0.497 e. The number of carbonyl (C=O) groups excluding carboxylic acids is 1. The maximum Gasteiger partial charge on any atom is 0.243 e. The number of ether oxygens (including phenoxy) is 1. The zero-order valence-corrected chi connectivity index (χ0v) is 20.3. The standard InChI is InChI=1S/C23H35N5O2S/c1-23(2,3)21-27-18(16-31-21)12-14-25-22(26-15-20(29)28(4)5)24-13-11-17-7-9-19(30-6)10-8-17/h7-10,16H,11-15H2,1-6H3,(H2,24,25,26). The fourth-order valence-corrected chi connectivity index (χ4v) is 3.60. The molecule has 170 valence electrons. The molecular weight excluding hydrogens is 410 g/mol. The van der Waals surface area contributed by atoms with Crippen molar-refractivity contribution in [1.29, 1.82) is 0 Å². The number of carbonyl (C=O) groups is 1. The number of methoxy groups -OCH3 is 1. The highest BCUT2D eigenvalue weighted by Gasteiger charge is 2.17. The van der Waals surface area contributed by atoms with Crippen LogP contribution in [0.4, 0.5) is 0 Å². The Bertz CT molecular complexity index is 854. The third-order valence-corrected chi connectivity index (χ3v) is 5.92. The second-order valence-corrected chi connectivity index (χ2v) is 9.41. The van der Waals surface area contributed by atoms with E-state index in [0.717, 1.165) is 29.3 Å². The predicted molar refractivity (Wildman–Crippen MR) is 128 cm³/mol. The molecule has 0 unspecified atom stereocenters. The van der Waals surface area contributed by atoms with Gasteiger partial charge in [0.1, 0.15) is 12.3 Å². The molecular formula is C23H35N5O2S. The van der Waals surface area contributed by atoms with Gasteiger partial charge in [-0.25, -0.2) is 9.98 Å². The molecule has 0 bridgehead atoms. The molecule has 2 rings (SSSR count). The van der Waals surface area contributed by atoms with Crippen LogP contribution in [0.2, 0.25) is 0 Å². The van der Waals surface area contributed by atoms with Crippen LogP contribution in [-0.2, 0) is 23.1 Å². The van der Waals surface area contributed by atoms with Crippen LogP contribution in [0.1, 0.15) is 37.0 Å². The third-order valence-electron chi connectivity index (χ3n) is 4.60. The van der Waals surface area contributed by atoms with E-state index < -0.39 is 0 Å². The first-order valence-electron chi connectivity index (χ1n) is 10.5. The lowest BCUT2D eigenvalue weighted by Crippen LogP contribution is -2.40. The third kappa shape index (κ3) is 8.57. The molecule has 0 radical (unpaired) electrons. The van der Waals surface area contributed by atoms with Gasteiger partial charge in [-0.05, 0) is 24.1 Å². The summed E-state index contributed by atoms with van der Waals surface area (Å²) in [5.41, 5.74) is 2.34. The average molecular weight is 446 g/mol. The molecule has 2 aromatic rings. The molecule has 1 heterocycles. The monoisotopic (exact) mass is 445 g/mol. The lowest BCUT2D eigenvalue weighted by atomic mass is 9.98. The first kappa shape index (κ1) is 24.7. The predicted octanol–water partition coefficient (Wildman–Crippen LogP) is 2.86. The van der Waals surface area contributed by atoms with Crippen molar-refractivity contribution in [3.05, 3.63) is 45.9 Å². The van der Waals surface area contributed by atoms with Crippen molar-refractivity contribution in [3.63, 3.8) is 0 Å². The Kier molecular flexibility index (Phi) is 9.30. The number of likely N-dealkylation sites (N-methyl/N-ethyl adjacent to an activating group) is 1. The van der Waals surface area contributed by atoms with Crippen LogP contribution in [0.5, 0.6) is 5.75 Å². The van der Waals surface area contributed by atoms with Crippen molar-refractivity contribution in [3.8, 4) is 5.75 Å². The summed E-state index contributed by atoms with van der Waals surface area (Å²) in [4.78, 5) is 22.7. The topological polar surface area (TPSA) is 78.8 Å². The molecule has 0 spiro atoms. The Balaban J connectivity index is 1.90. The number of nitrogens with zero attached hydrogens (tertiary/aromatic N) is 3. The van der Waals surface area contributed by atoms with Crippen molar-refractivity contribution in [2.75, 3.05) is 40.8 Å². The zero-order chi connectivity index (χ0) is 22.9. The zero-order valence-electron chi connectivity index (χ0n) is 19.5. The molecule has 1 amide bonds. The van der Waals surface area contributed by atoms with E-state index in [9.17, 15) is 4.79 Å². The number of amides is 1. The van der Waals surface area contributed by atoms with E-state index in [2.05, 4.69) is 53.9 Å². The van der Waals surface area contributed by atoms with Gasteiger partial charge in [-0.2, -0.15) is 0 Å². The summed E-state index contributed by atoms with van der Waals surface area (Å²) in [5.74, 6) is 1.44. The van der Waals surface area contributed by atoms with Crippen LogP contribution in [0.25, 0.3) is 0 Å². The van der Waals surface area contributed by atoms with E-state index in [0.29, 0.717) is 19.0 Å². The minimum absolute atomic E-state index is 0.0365. The van der Waals surface area contributed by atoms with Crippen molar-refractivity contribution < 1.29 is 9.53 Å². The number of hydrogen-bond acceptors (Lipinski definition) is 5. The van der Waals surface area contributed by atoms with Crippen molar-refractivity contribution in [1.82, 2.24) is 20.5 Å². The first-order valence-corrected chi connectivity index (χ1v) is 11.4. The van der Waals surface area contributed by atoms with Gasteiger partial charge >= 0.3 is 0 Å². The first-order chi connectivity index (χ1) is 14.7. The molecule has 8 heteroatoms. The van der Waals surface area contributed by atoms with Gasteiger partial charge in [0.2, 0.25) is 5.91 Å². The maximum atomic E-state index is 11.9. The normalized spacial score (nSPS) is 11.9. The van der Waals surface area contributed by atoms with Crippen molar-refractivity contribution in [2.24, 2.45) is 4.99 Å². The van der Waals surface area contributed by atoms with E-state index in [1.54, 1.807) is 37.4 Å². The van der Waals surface area contributed by atoms with Crippen LogP contribution >= 0.6 is 11.3 Å².